The molecule has 1 amide bonds. The Balaban J connectivity index is 1.99. The van der Waals surface area contributed by atoms with E-state index in [1.807, 2.05) is 10.3 Å². The number of rotatable bonds is 2. The lowest BCUT2D eigenvalue weighted by Gasteiger charge is -2.38. The van der Waals surface area contributed by atoms with Gasteiger partial charge in [0, 0.05) is 36.5 Å². The van der Waals surface area contributed by atoms with E-state index < -0.39 is 0 Å². The summed E-state index contributed by atoms with van der Waals surface area (Å²) in [5, 5.41) is 3.13. The van der Waals surface area contributed by atoms with Gasteiger partial charge in [0.15, 0.2) is 0 Å². The molecule has 1 aliphatic heterocycles. The van der Waals surface area contributed by atoms with E-state index in [0.29, 0.717) is 12.5 Å². The standard InChI is InChI=1S/C15H25N3OS/c1-11-9-17(5)6-7-18(11)13(19)8-12-10-20-14(16-12)15(2,3)4/h10-11H,6-9H2,1-5H3. The third kappa shape index (κ3) is 3.58. The van der Waals surface area contributed by atoms with Gasteiger partial charge in [0.05, 0.1) is 17.1 Å². The summed E-state index contributed by atoms with van der Waals surface area (Å²) in [5.41, 5.74) is 0.976. The third-order valence-corrected chi connectivity index (χ3v) is 4.99. The number of aromatic nitrogens is 1. The van der Waals surface area contributed by atoms with Gasteiger partial charge in [0.25, 0.3) is 0 Å². The van der Waals surface area contributed by atoms with Crippen molar-refractivity contribution in [1.82, 2.24) is 14.8 Å². The summed E-state index contributed by atoms with van der Waals surface area (Å²) in [6, 6.07) is 0.293. The summed E-state index contributed by atoms with van der Waals surface area (Å²) >= 11 is 1.66. The zero-order valence-electron chi connectivity index (χ0n) is 13.1. The predicted octanol–water partition coefficient (Wildman–Crippen LogP) is 2.15. The molecule has 0 aromatic carbocycles. The minimum absolute atomic E-state index is 0.0626. The van der Waals surface area contributed by atoms with Gasteiger partial charge in [-0.25, -0.2) is 4.98 Å². The maximum absolute atomic E-state index is 12.4. The molecule has 1 aliphatic rings. The number of carbonyl (C=O) groups is 1. The first-order chi connectivity index (χ1) is 9.27. The Morgan fingerprint density at radius 3 is 2.70 bits per heavy atom. The Hall–Kier alpha value is -0.940. The number of carbonyl (C=O) groups excluding carboxylic acids is 1. The van der Waals surface area contributed by atoms with E-state index in [1.165, 1.54) is 0 Å². The van der Waals surface area contributed by atoms with E-state index >= 15 is 0 Å². The summed E-state index contributed by atoms with van der Waals surface area (Å²) in [7, 11) is 2.11. The first-order valence-electron chi connectivity index (χ1n) is 7.20. The molecule has 20 heavy (non-hydrogen) atoms. The molecule has 0 aliphatic carbocycles. The summed E-state index contributed by atoms with van der Waals surface area (Å²) in [6.45, 7) is 11.3. The van der Waals surface area contributed by atoms with Gasteiger partial charge in [-0.15, -0.1) is 11.3 Å². The second-order valence-electron chi connectivity index (χ2n) is 6.77. The van der Waals surface area contributed by atoms with Gasteiger partial charge in [-0.05, 0) is 14.0 Å². The lowest BCUT2D eigenvalue weighted by Crippen LogP contribution is -2.53. The zero-order chi connectivity index (χ0) is 14.9. The Morgan fingerprint density at radius 1 is 1.45 bits per heavy atom. The van der Waals surface area contributed by atoms with Crippen LogP contribution in [0.5, 0.6) is 0 Å². The fraction of sp³-hybridized carbons (Fsp3) is 0.733. The van der Waals surface area contributed by atoms with Crippen molar-refractivity contribution in [3.05, 3.63) is 16.1 Å². The fourth-order valence-electron chi connectivity index (χ4n) is 2.50. The normalized spacial score (nSPS) is 21.2. The molecule has 1 atom stereocenters. The molecule has 1 fully saturated rings. The van der Waals surface area contributed by atoms with E-state index in [1.54, 1.807) is 11.3 Å². The van der Waals surface area contributed by atoms with Crippen LogP contribution in [-0.4, -0.2) is 53.4 Å². The van der Waals surface area contributed by atoms with Crippen molar-refractivity contribution in [2.24, 2.45) is 0 Å². The predicted molar refractivity (Wildman–Crippen MR) is 83.2 cm³/mol. The Morgan fingerprint density at radius 2 is 2.15 bits per heavy atom. The van der Waals surface area contributed by atoms with Crippen LogP contribution in [0.4, 0.5) is 0 Å². The van der Waals surface area contributed by atoms with E-state index in [2.05, 4.69) is 44.6 Å². The van der Waals surface area contributed by atoms with E-state index in [4.69, 9.17) is 0 Å². The SMILES string of the molecule is CC1CN(C)CCN1C(=O)Cc1csc(C(C)(C)C)n1. The maximum Gasteiger partial charge on any atom is 0.228 e. The van der Waals surface area contributed by atoms with Crippen LogP contribution in [0.15, 0.2) is 5.38 Å². The minimum atomic E-state index is 0.0626. The monoisotopic (exact) mass is 295 g/mol. The average Bonchev–Trinajstić information content (AvgIpc) is 2.76. The summed E-state index contributed by atoms with van der Waals surface area (Å²) in [6.07, 6.45) is 0.431. The van der Waals surface area contributed by atoms with Crippen molar-refractivity contribution in [3.8, 4) is 0 Å². The Labute approximate surface area is 125 Å². The van der Waals surface area contributed by atoms with Crippen LogP contribution < -0.4 is 0 Å². The van der Waals surface area contributed by atoms with Gasteiger partial charge in [-0.2, -0.15) is 0 Å². The summed E-state index contributed by atoms with van der Waals surface area (Å²) < 4.78 is 0. The van der Waals surface area contributed by atoms with Crippen molar-refractivity contribution >= 4 is 17.2 Å². The molecule has 1 saturated heterocycles. The molecule has 2 heterocycles. The van der Waals surface area contributed by atoms with Crippen LogP contribution in [0.3, 0.4) is 0 Å². The smallest absolute Gasteiger partial charge is 0.228 e. The van der Waals surface area contributed by atoms with Gasteiger partial charge < -0.3 is 9.80 Å². The van der Waals surface area contributed by atoms with Crippen molar-refractivity contribution in [2.75, 3.05) is 26.7 Å². The first-order valence-corrected chi connectivity index (χ1v) is 8.08. The first kappa shape index (κ1) is 15.4. The van der Waals surface area contributed by atoms with Crippen molar-refractivity contribution in [1.29, 1.82) is 0 Å². The van der Waals surface area contributed by atoms with Crippen LogP contribution in [0.25, 0.3) is 0 Å². The Kier molecular flexibility index (Phi) is 4.49. The molecule has 112 valence electrons. The molecule has 0 bridgehead atoms. The van der Waals surface area contributed by atoms with E-state index in [-0.39, 0.29) is 11.3 Å². The summed E-state index contributed by atoms with van der Waals surface area (Å²) in [4.78, 5) is 21.3. The van der Waals surface area contributed by atoms with Crippen molar-refractivity contribution in [2.45, 2.75) is 45.6 Å². The highest BCUT2D eigenvalue weighted by Gasteiger charge is 2.26. The molecule has 1 aromatic heterocycles. The van der Waals surface area contributed by atoms with Crippen LogP contribution in [0.1, 0.15) is 38.4 Å². The van der Waals surface area contributed by atoms with Crippen molar-refractivity contribution in [3.63, 3.8) is 0 Å². The summed E-state index contributed by atoms with van der Waals surface area (Å²) in [5.74, 6) is 0.205. The average molecular weight is 295 g/mol. The van der Waals surface area contributed by atoms with Gasteiger partial charge >= 0.3 is 0 Å². The molecule has 1 aromatic rings. The van der Waals surface area contributed by atoms with Gasteiger partial charge in [-0.1, -0.05) is 20.8 Å². The second kappa shape index (κ2) is 5.82. The second-order valence-corrected chi connectivity index (χ2v) is 7.63. The van der Waals surface area contributed by atoms with Crippen LogP contribution >= 0.6 is 11.3 Å². The molecule has 0 spiro atoms. The maximum atomic E-state index is 12.4. The van der Waals surface area contributed by atoms with Gasteiger partial charge in [0.2, 0.25) is 5.91 Å². The quantitative estimate of drug-likeness (QED) is 0.839. The van der Waals surface area contributed by atoms with Gasteiger partial charge in [-0.3, -0.25) is 4.79 Å². The Bertz CT molecular complexity index is 478. The number of thiazole rings is 1. The highest BCUT2D eigenvalue weighted by molar-refractivity contribution is 7.09. The van der Waals surface area contributed by atoms with Crippen molar-refractivity contribution < 1.29 is 4.79 Å². The lowest BCUT2D eigenvalue weighted by molar-refractivity contribution is -0.134. The molecule has 4 nitrogen and oxygen atoms in total. The number of hydrogen-bond donors (Lipinski definition) is 0. The molecule has 0 N–H and O–H groups in total. The molecule has 0 saturated carbocycles. The largest absolute Gasteiger partial charge is 0.337 e. The number of hydrogen-bond acceptors (Lipinski definition) is 4. The van der Waals surface area contributed by atoms with E-state index in [0.717, 1.165) is 30.3 Å². The molecule has 5 heteroatoms. The van der Waals surface area contributed by atoms with Gasteiger partial charge in [0.1, 0.15) is 0 Å². The number of likely N-dealkylation sites (N-methyl/N-ethyl adjacent to an activating group) is 1. The molecular weight excluding hydrogens is 270 g/mol. The minimum Gasteiger partial charge on any atom is -0.337 e. The van der Waals surface area contributed by atoms with Crippen LogP contribution in [0, 0.1) is 0 Å². The highest BCUT2D eigenvalue weighted by Crippen LogP contribution is 2.26. The topological polar surface area (TPSA) is 36.4 Å². The lowest BCUT2D eigenvalue weighted by atomic mass is 9.98. The molecule has 1 unspecified atom stereocenters. The fourth-order valence-corrected chi connectivity index (χ4v) is 3.41. The molecule has 2 rings (SSSR count). The number of piperazine rings is 1. The van der Waals surface area contributed by atoms with E-state index in [9.17, 15) is 4.79 Å². The van der Waals surface area contributed by atoms with Crippen LogP contribution in [0.2, 0.25) is 0 Å². The third-order valence-electron chi connectivity index (χ3n) is 3.68. The zero-order valence-corrected chi connectivity index (χ0v) is 14.0. The number of nitrogens with zero attached hydrogens (tertiary/aromatic N) is 3. The number of amides is 1. The molecule has 0 radical (unpaired) electrons. The van der Waals surface area contributed by atoms with Crippen LogP contribution in [-0.2, 0) is 16.6 Å². The molecular formula is C15H25N3OS. The highest BCUT2D eigenvalue weighted by atomic mass is 32.1.